The summed E-state index contributed by atoms with van der Waals surface area (Å²) in [6.07, 6.45) is 0.666. The van der Waals surface area contributed by atoms with E-state index in [4.69, 9.17) is 5.73 Å². The first-order valence-electron chi connectivity index (χ1n) is 7.90. The van der Waals surface area contributed by atoms with E-state index in [1.807, 2.05) is 0 Å². The lowest BCUT2D eigenvalue weighted by atomic mass is 10.00. The SMILES string of the molecule is Cc1cc(C(N)=O)ncc1C(SCCC(C)(F)F)c1c(F)ccc(F)c1F. The molecule has 146 valence electrons. The zero-order chi connectivity index (χ0) is 20.4. The van der Waals surface area contributed by atoms with E-state index in [0.29, 0.717) is 11.6 Å². The van der Waals surface area contributed by atoms with Gasteiger partial charge in [-0.25, -0.2) is 22.0 Å². The summed E-state index contributed by atoms with van der Waals surface area (Å²) in [6.45, 7) is 2.29. The Bertz CT molecular complexity index is 854. The Balaban J connectivity index is 2.51. The van der Waals surface area contributed by atoms with Crippen LogP contribution >= 0.6 is 11.8 Å². The van der Waals surface area contributed by atoms with Crippen molar-refractivity contribution in [3.05, 3.63) is 64.2 Å². The molecule has 0 saturated heterocycles. The summed E-state index contributed by atoms with van der Waals surface area (Å²) in [5, 5.41) is -1.13. The van der Waals surface area contributed by atoms with Crippen LogP contribution in [0.3, 0.4) is 0 Å². The van der Waals surface area contributed by atoms with E-state index in [1.165, 1.54) is 12.3 Å². The molecule has 0 radical (unpaired) electrons. The minimum Gasteiger partial charge on any atom is -0.364 e. The molecule has 2 rings (SSSR count). The van der Waals surface area contributed by atoms with Gasteiger partial charge in [0.15, 0.2) is 11.6 Å². The molecular weight excluding hydrogens is 387 g/mol. The highest BCUT2D eigenvalue weighted by molar-refractivity contribution is 7.99. The molecule has 0 saturated carbocycles. The summed E-state index contributed by atoms with van der Waals surface area (Å²) in [7, 11) is 0. The topological polar surface area (TPSA) is 56.0 Å². The van der Waals surface area contributed by atoms with Gasteiger partial charge in [-0.3, -0.25) is 9.78 Å². The Hall–Kier alpha value is -2.16. The van der Waals surface area contributed by atoms with Gasteiger partial charge >= 0.3 is 0 Å². The summed E-state index contributed by atoms with van der Waals surface area (Å²) >= 11 is 0.837. The molecule has 3 nitrogen and oxygen atoms in total. The molecule has 0 aliphatic carbocycles. The highest BCUT2D eigenvalue weighted by Crippen LogP contribution is 2.41. The van der Waals surface area contributed by atoms with Gasteiger partial charge in [-0.15, -0.1) is 11.8 Å². The Kier molecular flexibility index (Phi) is 6.46. The predicted molar refractivity (Wildman–Crippen MR) is 93.3 cm³/mol. The molecule has 0 spiro atoms. The van der Waals surface area contributed by atoms with Gasteiger partial charge in [0.1, 0.15) is 11.5 Å². The number of aryl methyl sites for hydroxylation is 1. The summed E-state index contributed by atoms with van der Waals surface area (Å²) in [5.74, 6) is -7.54. The maximum Gasteiger partial charge on any atom is 0.267 e. The number of primary amides is 1. The molecule has 0 fully saturated rings. The van der Waals surface area contributed by atoms with Crippen LogP contribution in [-0.4, -0.2) is 22.6 Å². The average molecular weight is 404 g/mol. The quantitative estimate of drug-likeness (QED) is 0.534. The number of aromatic nitrogens is 1. The van der Waals surface area contributed by atoms with Crippen LogP contribution < -0.4 is 5.73 Å². The standard InChI is InChI=1S/C18H17F5N2OS/c1-9-7-13(17(24)26)25-8-10(9)16(27-6-5-18(2,22)23)14-11(19)3-4-12(20)15(14)21/h3-4,7-8,16H,5-6H2,1-2H3,(H2,24,26). The van der Waals surface area contributed by atoms with Crippen molar-refractivity contribution in [1.29, 1.82) is 0 Å². The highest BCUT2D eigenvalue weighted by Gasteiger charge is 2.28. The third-order valence-corrected chi connectivity index (χ3v) is 5.12. The van der Waals surface area contributed by atoms with Gasteiger partial charge in [0.25, 0.3) is 5.91 Å². The Morgan fingerprint density at radius 2 is 1.89 bits per heavy atom. The van der Waals surface area contributed by atoms with Gasteiger partial charge < -0.3 is 5.73 Å². The first-order valence-corrected chi connectivity index (χ1v) is 8.95. The molecule has 0 aliphatic heterocycles. The van der Waals surface area contributed by atoms with Crippen molar-refractivity contribution in [2.45, 2.75) is 31.4 Å². The van der Waals surface area contributed by atoms with Crippen molar-refractivity contribution in [3.63, 3.8) is 0 Å². The number of benzene rings is 1. The maximum atomic E-state index is 14.3. The van der Waals surface area contributed by atoms with Crippen LogP contribution in [0.15, 0.2) is 24.4 Å². The van der Waals surface area contributed by atoms with Crippen molar-refractivity contribution in [2.24, 2.45) is 5.73 Å². The van der Waals surface area contributed by atoms with Crippen LogP contribution in [0.5, 0.6) is 0 Å². The van der Waals surface area contributed by atoms with Gasteiger partial charge in [-0.05, 0) is 48.9 Å². The number of halogens is 5. The number of alkyl halides is 2. The zero-order valence-corrected chi connectivity index (χ0v) is 15.3. The molecule has 1 atom stereocenters. The fourth-order valence-corrected chi connectivity index (χ4v) is 3.96. The third-order valence-electron chi connectivity index (χ3n) is 3.85. The highest BCUT2D eigenvalue weighted by atomic mass is 32.2. The number of rotatable bonds is 7. The Morgan fingerprint density at radius 1 is 1.26 bits per heavy atom. The molecule has 1 unspecified atom stereocenters. The molecule has 9 heteroatoms. The van der Waals surface area contributed by atoms with Crippen molar-refractivity contribution in [3.8, 4) is 0 Å². The van der Waals surface area contributed by atoms with Crippen LogP contribution in [0.4, 0.5) is 22.0 Å². The number of hydrogen-bond acceptors (Lipinski definition) is 3. The number of carbonyl (C=O) groups is 1. The molecule has 1 amide bonds. The fraction of sp³-hybridized carbons (Fsp3) is 0.333. The van der Waals surface area contributed by atoms with Crippen molar-refractivity contribution in [2.75, 3.05) is 5.75 Å². The van der Waals surface area contributed by atoms with Crippen molar-refractivity contribution in [1.82, 2.24) is 4.98 Å². The van der Waals surface area contributed by atoms with E-state index in [0.717, 1.165) is 24.8 Å². The molecule has 0 aliphatic rings. The fourth-order valence-electron chi connectivity index (χ4n) is 2.44. The lowest BCUT2D eigenvalue weighted by Gasteiger charge is -2.22. The molecule has 2 N–H and O–H groups in total. The Morgan fingerprint density at radius 3 is 2.44 bits per heavy atom. The first kappa shape index (κ1) is 21.1. The van der Waals surface area contributed by atoms with Crippen molar-refractivity contribution < 1.29 is 26.7 Å². The number of pyridine rings is 1. The summed E-state index contributed by atoms with van der Waals surface area (Å²) in [5.41, 5.74) is 5.20. The second kappa shape index (κ2) is 8.24. The summed E-state index contributed by atoms with van der Waals surface area (Å²) in [4.78, 5) is 15.1. The monoisotopic (exact) mass is 404 g/mol. The van der Waals surface area contributed by atoms with E-state index in [1.54, 1.807) is 6.92 Å². The number of amides is 1. The lowest BCUT2D eigenvalue weighted by Crippen LogP contribution is -2.15. The predicted octanol–water partition coefficient (Wildman–Crippen LogP) is 4.77. The zero-order valence-electron chi connectivity index (χ0n) is 14.5. The molecular formula is C18H17F5N2OS. The molecule has 2 aromatic rings. The number of thioether (sulfide) groups is 1. The average Bonchev–Trinajstić information content (AvgIpc) is 2.56. The van der Waals surface area contributed by atoms with Crippen LogP contribution in [0.2, 0.25) is 0 Å². The second-order valence-electron chi connectivity index (χ2n) is 6.12. The van der Waals surface area contributed by atoms with Gasteiger partial charge in [0.05, 0.1) is 5.25 Å². The third kappa shape index (κ3) is 5.18. The van der Waals surface area contributed by atoms with E-state index < -0.39 is 46.5 Å². The summed E-state index contributed by atoms with van der Waals surface area (Å²) in [6, 6.07) is 2.75. The van der Waals surface area contributed by atoms with Gasteiger partial charge in [0.2, 0.25) is 5.92 Å². The van der Waals surface area contributed by atoms with Crippen LogP contribution in [-0.2, 0) is 0 Å². The number of nitrogens with two attached hydrogens (primary N) is 1. The van der Waals surface area contributed by atoms with Gasteiger partial charge in [-0.1, -0.05) is 0 Å². The number of nitrogens with zero attached hydrogens (tertiary/aromatic N) is 1. The maximum absolute atomic E-state index is 14.3. The van der Waals surface area contributed by atoms with Gasteiger partial charge in [-0.2, -0.15) is 0 Å². The van der Waals surface area contributed by atoms with Crippen LogP contribution in [0, 0.1) is 24.4 Å². The minimum atomic E-state index is -2.96. The van der Waals surface area contributed by atoms with E-state index in [9.17, 15) is 26.7 Å². The van der Waals surface area contributed by atoms with Crippen LogP contribution in [0.25, 0.3) is 0 Å². The van der Waals surface area contributed by atoms with Crippen molar-refractivity contribution >= 4 is 17.7 Å². The molecule has 27 heavy (non-hydrogen) atoms. The van der Waals surface area contributed by atoms with Crippen LogP contribution in [0.1, 0.15) is 45.8 Å². The van der Waals surface area contributed by atoms with E-state index in [2.05, 4.69) is 4.98 Å². The molecule has 0 bridgehead atoms. The van der Waals surface area contributed by atoms with E-state index >= 15 is 0 Å². The number of hydrogen-bond donors (Lipinski definition) is 1. The normalized spacial score (nSPS) is 12.9. The summed E-state index contributed by atoms with van der Waals surface area (Å²) < 4.78 is 68.6. The lowest BCUT2D eigenvalue weighted by molar-refractivity contribution is 0.0194. The number of carbonyl (C=O) groups excluding carboxylic acids is 1. The first-order chi connectivity index (χ1) is 12.5. The second-order valence-corrected chi connectivity index (χ2v) is 7.33. The van der Waals surface area contributed by atoms with E-state index in [-0.39, 0.29) is 17.0 Å². The van der Waals surface area contributed by atoms with Gasteiger partial charge in [0, 0.05) is 18.2 Å². The largest absolute Gasteiger partial charge is 0.364 e. The smallest absolute Gasteiger partial charge is 0.267 e. The minimum absolute atomic E-state index is 0.0553. The molecule has 1 heterocycles. The molecule has 1 aromatic carbocycles. The molecule has 1 aromatic heterocycles. The Labute approximate surface area is 157 Å².